The van der Waals surface area contributed by atoms with Crippen LogP contribution in [0, 0.1) is 5.92 Å². The van der Waals surface area contributed by atoms with Crippen LogP contribution in [0.25, 0.3) is 0 Å². The maximum absolute atomic E-state index is 12.6. The van der Waals surface area contributed by atoms with E-state index in [0.717, 1.165) is 18.8 Å². The Balaban J connectivity index is 1.47. The van der Waals surface area contributed by atoms with E-state index in [2.05, 4.69) is 22.3 Å². The van der Waals surface area contributed by atoms with Gasteiger partial charge in [0.25, 0.3) is 0 Å². The molecule has 0 radical (unpaired) electrons. The van der Waals surface area contributed by atoms with E-state index in [-0.39, 0.29) is 17.9 Å². The smallest absolute Gasteiger partial charge is 0.410 e. The van der Waals surface area contributed by atoms with E-state index in [1.807, 2.05) is 32.9 Å². The Kier molecular flexibility index (Phi) is 5.92. The summed E-state index contributed by atoms with van der Waals surface area (Å²) in [7, 11) is 0. The maximum atomic E-state index is 12.6. The van der Waals surface area contributed by atoms with Crippen LogP contribution in [0.2, 0.25) is 0 Å². The molecular weight excluding hydrogens is 342 g/mol. The van der Waals surface area contributed by atoms with Crippen LogP contribution in [-0.4, -0.2) is 48.7 Å². The molecule has 0 unspecified atom stereocenters. The molecule has 3 rings (SSSR count). The van der Waals surface area contributed by atoms with E-state index in [1.165, 1.54) is 18.5 Å². The number of hydrogen-bond acceptors (Lipinski definition) is 4. The van der Waals surface area contributed by atoms with Gasteiger partial charge in [-0.05, 0) is 70.7 Å². The summed E-state index contributed by atoms with van der Waals surface area (Å²) < 4.78 is 5.40. The van der Waals surface area contributed by atoms with Crippen LogP contribution in [0.4, 0.5) is 16.2 Å². The molecule has 2 amide bonds. The predicted molar refractivity (Wildman–Crippen MR) is 107 cm³/mol. The number of hydrogen-bond donors (Lipinski definition) is 1. The molecule has 0 spiro atoms. The number of likely N-dealkylation sites (tertiary alicyclic amines) is 1. The predicted octanol–water partition coefficient (Wildman–Crippen LogP) is 3.87. The molecule has 6 nitrogen and oxygen atoms in total. The van der Waals surface area contributed by atoms with Crippen molar-refractivity contribution in [3.05, 3.63) is 24.3 Å². The highest BCUT2D eigenvalue weighted by atomic mass is 16.6. The van der Waals surface area contributed by atoms with Crippen LogP contribution >= 0.6 is 0 Å². The van der Waals surface area contributed by atoms with Crippen LogP contribution in [0.5, 0.6) is 0 Å². The minimum absolute atomic E-state index is 0.0350. The standard InChI is InChI=1S/C21H31N3O3/c1-21(2,3)27-20(26)24-14-10-16(11-15-24)19(25)22-17-6-8-18(9-7-17)23-12-4-5-13-23/h6-9,16H,4-5,10-15H2,1-3H3,(H,22,25). The number of carbonyl (C=O) groups excluding carboxylic acids is 2. The average Bonchev–Trinajstić information content (AvgIpc) is 3.16. The van der Waals surface area contributed by atoms with Crippen LogP contribution < -0.4 is 10.2 Å². The fourth-order valence-corrected chi connectivity index (χ4v) is 3.63. The van der Waals surface area contributed by atoms with Crippen molar-refractivity contribution >= 4 is 23.4 Å². The van der Waals surface area contributed by atoms with Crippen molar-refractivity contribution in [2.24, 2.45) is 5.92 Å². The van der Waals surface area contributed by atoms with E-state index in [0.29, 0.717) is 25.9 Å². The first-order chi connectivity index (χ1) is 12.8. The summed E-state index contributed by atoms with van der Waals surface area (Å²) in [6.45, 7) is 8.92. The van der Waals surface area contributed by atoms with E-state index < -0.39 is 5.60 Å². The molecule has 0 aromatic heterocycles. The van der Waals surface area contributed by atoms with Crippen molar-refractivity contribution < 1.29 is 14.3 Å². The minimum Gasteiger partial charge on any atom is -0.444 e. The van der Waals surface area contributed by atoms with Gasteiger partial charge in [-0.15, -0.1) is 0 Å². The van der Waals surface area contributed by atoms with E-state index >= 15 is 0 Å². The largest absolute Gasteiger partial charge is 0.444 e. The Morgan fingerprint density at radius 3 is 2.15 bits per heavy atom. The van der Waals surface area contributed by atoms with Crippen molar-refractivity contribution in [2.75, 3.05) is 36.4 Å². The molecule has 2 saturated heterocycles. The average molecular weight is 373 g/mol. The van der Waals surface area contributed by atoms with Gasteiger partial charge in [0.1, 0.15) is 5.60 Å². The number of nitrogens with zero attached hydrogens (tertiary/aromatic N) is 2. The molecule has 2 aliphatic rings. The van der Waals surface area contributed by atoms with E-state index in [4.69, 9.17) is 4.74 Å². The van der Waals surface area contributed by atoms with E-state index in [9.17, 15) is 9.59 Å². The summed E-state index contributed by atoms with van der Waals surface area (Å²) in [5.74, 6) is -0.0327. The number of rotatable bonds is 3. The van der Waals surface area contributed by atoms with Crippen LogP contribution in [0.1, 0.15) is 46.5 Å². The van der Waals surface area contributed by atoms with Crippen LogP contribution in [0.3, 0.4) is 0 Å². The lowest BCUT2D eigenvalue weighted by Gasteiger charge is -2.32. The Labute approximate surface area is 161 Å². The molecule has 2 heterocycles. The minimum atomic E-state index is -0.494. The molecule has 0 bridgehead atoms. The van der Waals surface area contributed by atoms with Gasteiger partial charge in [0.15, 0.2) is 0 Å². The normalized spacial score (nSPS) is 18.5. The van der Waals surface area contributed by atoms with Gasteiger partial charge in [0.05, 0.1) is 0 Å². The quantitative estimate of drug-likeness (QED) is 0.874. The lowest BCUT2D eigenvalue weighted by atomic mass is 9.96. The van der Waals surface area contributed by atoms with Crippen molar-refractivity contribution in [3.63, 3.8) is 0 Å². The summed E-state index contributed by atoms with van der Waals surface area (Å²) in [5, 5.41) is 3.02. The molecule has 1 aromatic rings. The van der Waals surface area contributed by atoms with Crippen molar-refractivity contribution in [1.82, 2.24) is 4.90 Å². The molecule has 2 aliphatic heterocycles. The fourth-order valence-electron chi connectivity index (χ4n) is 3.63. The molecule has 0 atom stereocenters. The van der Waals surface area contributed by atoms with Gasteiger partial charge in [-0.2, -0.15) is 0 Å². The Morgan fingerprint density at radius 2 is 1.59 bits per heavy atom. The number of benzene rings is 1. The van der Waals surface area contributed by atoms with Gasteiger partial charge in [-0.3, -0.25) is 4.79 Å². The zero-order valence-electron chi connectivity index (χ0n) is 16.7. The van der Waals surface area contributed by atoms with Crippen molar-refractivity contribution in [2.45, 2.75) is 52.1 Å². The highest BCUT2D eigenvalue weighted by Crippen LogP contribution is 2.24. The SMILES string of the molecule is CC(C)(C)OC(=O)N1CCC(C(=O)Nc2ccc(N3CCCC3)cc2)CC1. The summed E-state index contributed by atoms with van der Waals surface area (Å²) in [6.07, 6.45) is 3.54. The number of nitrogens with one attached hydrogen (secondary N) is 1. The van der Waals surface area contributed by atoms with Crippen molar-refractivity contribution in [3.8, 4) is 0 Å². The Bertz CT molecular complexity index is 652. The lowest BCUT2D eigenvalue weighted by Crippen LogP contribution is -2.43. The number of ether oxygens (including phenoxy) is 1. The topological polar surface area (TPSA) is 61.9 Å². The Hall–Kier alpha value is -2.24. The van der Waals surface area contributed by atoms with Crippen LogP contribution in [-0.2, 0) is 9.53 Å². The van der Waals surface area contributed by atoms with Crippen molar-refractivity contribution in [1.29, 1.82) is 0 Å². The number of piperidine rings is 1. The summed E-state index contributed by atoms with van der Waals surface area (Å²) in [4.78, 5) is 28.7. The third-order valence-corrected chi connectivity index (χ3v) is 5.12. The molecule has 0 aliphatic carbocycles. The van der Waals surface area contributed by atoms with Gasteiger partial charge < -0.3 is 19.9 Å². The number of carbonyl (C=O) groups is 2. The van der Waals surface area contributed by atoms with Gasteiger partial charge in [0.2, 0.25) is 5.91 Å². The summed E-state index contributed by atoms with van der Waals surface area (Å²) >= 11 is 0. The molecule has 0 saturated carbocycles. The lowest BCUT2D eigenvalue weighted by molar-refractivity contribution is -0.121. The molecule has 6 heteroatoms. The van der Waals surface area contributed by atoms with Gasteiger partial charge in [-0.1, -0.05) is 0 Å². The van der Waals surface area contributed by atoms with Gasteiger partial charge >= 0.3 is 6.09 Å². The highest BCUT2D eigenvalue weighted by molar-refractivity contribution is 5.92. The number of anilines is 2. The maximum Gasteiger partial charge on any atom is 0.410 e. The highest BCUT2D eigenvalue weighted by Gasteiger charge is 2.30. The van der Waals surface area contributed by atoms with Gasteiger partial charge in [-0.25, -0.2) is 4.79 Å². The van der Waals surface area contributed by atoms with Gasteiger partial charge in [0, 0.05) is 43.5 Å². The second-order valence-corrected chi connectivity index (χ2v) is 8.47. The molecule has 27 heavy (non-hydrogen) atoms. The summed E-state index contributed by atoms with van der Waals surface area (Å²) in [5.41, 5.74) is 1.56. The molecule has 148 valence electrons. The molecular formula is C21H31N3O3. The molecule has 2 fully saturated rings. The molecule has 1 aromatic carbocycles. The first kappa shape index (κ1) is 19.5. The number of amides is 2. The second kappa shape index (κ2) is 8.19. The Morgan fingerprint density at radius 1 is 1.00 bits per heavy atom. The zero-order chi connectivity index (χ0) is 19.4. The summed E-state index contributed by atoms with van der Waals surface area (Å²) in [6, 6.07) is 8.10. The van der Waals surface area contributed by atoms with E-state index in [1.54, 1.807) is 4.90 Å². The first-order valence-electron chi connectivity index (χ1n) is 9.96. The zero-order valence-corrected chi connectivity index (χ0v) is 16.7. The van der Waals surface area contributed by atoms with Crippen LogP contribution in [0.15, 0.2) is 24.3 Å². The monoisotopic (exact) mass is 373 g/mol. The second-order valence-electron chi connectivity index (χ2n) is 8.47. The fraction of sp³-hybridized carbons (Fsp3) is 0.619. The third kappa shape index (κ3) is 5.37. The first-order valence-corrected chi connectivity index (χ1v) is 9.96. The molecule has 1 N–H and O–H groups in total. The third-order valence-electron chi connectivity index (χ3n) is 5.12.